The highest BCUT2D eigenvalue weighted by atomic mass is 32.1. The highest BCUT2D eigenvalue weighted by Crippen LogP contribution is 2.31. The molecule has 18 heavy (non-hydrogen) atoms. The van der Waals surface area contributed by atoms with E-state index in [1.807, 2.05) is 29.5 Å². The van der Waals surface area contributed by atoms with Crippen LogP contribution in [0.15, 0.2) is 60.0 Å². The lowest BCUT2D eigenvalue weighted by molar-refractivity contribution is 1.19. The van der Waals surface area contributed by atoms with E-state index in [0.29, 0.717) is 0 Å². The first kappa shape index (κ1) is 11.5. The van der Waals surface area contributed by atoms with Crippen LogP contribution in [0.5, 0.6) is 0 Å². The Morgan fingerprint density at radius 3 is 2.50 bits per heavy atom. The zero-order valence-electron chi connectivity index (χ0n) is 9.80. The molecule has 2 aromatic heterocycles. The number of hydrogen-bond acceptors (Lipinski definition) is 3. The van der Waals surface area contributed by atoms with Crippen LogP contribution in [0.3, 0.4) is 0 Å². The van der Waals surface area contributed by atoms with Crippen molar-refractivity contribution in [2.45, 2.75) is 6.54 Å². The highest BCUT2D eigenvalue weighted by Gasteiger charge is 2.03. The summed E-state index contributed by atoms with van der Waals surface area (Å²) in [5.41, 5.74) is 1.17. The zero-order valence-corrected chi connectivity index (χ0v) is 11.4. The molecule has 0 aliphatic heterocycles. The molecule has 0 amide bonds. The molecule has 0 fully saturated rings. The predicted molar refractivity (Wildman–Crippen MR) is 81.4 cm³/mol. The molecular weight excluding hydrogens is 258 g/mol. The third-order valence-corrected chi connectivity index (χ3v) is 4.82. The average Bonchev–Trinajstić information content (AvgIpc) is 3.08. The quantitative estimate of drug-likeness (QED) is 0.697. The van der Waals surface area contributed by atoms with Gasteiger partial charge in [0.05, 0.1) is 0 Å². The van der Waals surface area contributed by atoms with Gasteiger partial charge >= 0.3 is 0 Å². The van der Waals surface area contributed by atoms with Gasteiger partial charge in [-0.15, -0.1) is 22.7 Å². The van der Waals surface area contributed by atoms with Gasteiger partial charge in [-0.05, 0) is 35.7 Å². The van der Waals surface area contributed by atoms with Crippen LogP contribution in [0.4, 0.5) is 5.69 Å². The fraction of sp³-hybridized carbons (Fsp3) is 0.0667. The van der Waals surface area contributed by atoms with Crippen molar-refractivity contribution in [3.8, 4) is 9.75 Å². The van der Waals surface area contributed by atoms with E-state index in [9.17, 15) is 0 Å². The van der Waals surface area contributed by atoms with Crippen LogP contribution in [-0.2, 0) is 6.54 Å². The fourth-order valence-corrected chi connectivity index (χ4v) is 3.55. The summed E-state index contributed by atoms with van der Waals surface area (Å²) in [5.74, 6) is 0. The second-order valence-corrected chi connectivity index (χ2v) is 6.08. The molecule has 0 unspecified atom stereocenters. The molecule has 0 radical (unpaired) electrons. The smallest absolute Gasteiger partial charge is 0.0494 e. The number of nitrogens with one attached hydrogen (secondary N) is 1. The molecule has 1 nitrogen and oxygen atoms in total. The van der Waals surface area contributed by atoms with Gasteiger partial charge in [-0.2, -0.15) is 0 Å². The number of benzene rings is 1. The average molecular weight is 271 g/mol. The van der Waals surface area contributed by atoms with E-state index in [0.717, 1.165) is 6.54 Å². The Morgan fingerprint density at radius 2 is 1.72 bits per heavy atom. The number of hydrogen-bond donors (Lipinski definition) is 1. The van der Waals surface area contributed by atoms with Crippen LogP contribution >= 0.6 is 22.7 Å². The topological polar surface area (TPSA) is 12.0 Å². The molecule has 3 heteroatoms. The van der Waals surface area contributed by atoms with E-state index in [1.165, 1.54) is 20.3 Å². The third-order valence-electron chi connectivity index (χ3n) is 2.67. The standard InChI is InChI=1S/C15H13NS2/c1-2-5-12(6-3-1)16-11-13-8-9-15(18-13)14-7-4-10-17-14/h1-10,16H,11H2. The molecule has 0 aliphatic rings. The van der Waals surface area contributed by atoms with Crippen LogP contribution in [0.2, 0.25) is 0 Å². The van der Waals surface area contributed by atoms with E-state index in [1.54, 1.807) is 11.3 Å². The van der Waals surface area contributed by atoms with Gasteiger partial charge in [-0.3, -0.25) is 0 Å². The minimum absolute atomic E-state index is 0.889. The second kappa shape index (κ2) is 5.38. The van der Waals surface area contributed by atoms with Gasteiger partial charge in [-0.25, -0.2) is 0 Å². The van der Waals surface area contributed by atoms with E-state index in [4.69, 9.17) is 0 Å². The molecule has 0 atom stereocenters. The maximum atomic E-state index is 3.43. The maximum absolute atomic E-state index is 3.43. The highest BCUT2D eigenvalue weighted by molar-refractivity contribution is 7.21. The molecule has 1 N–H and O–H groups in total. The first-order chi connectivity index (χ1) is 8.92. The molecule has 90 valence electrons. The predicted octanol–water partition coefficient (Wildman–Crippen LogP) is 5.09. The van der Waals surface area contributed by atoms with Gasteiger partial charge in [0.15, 0.2) is 0 Å². The molecule has 0 saturated carbocycles. The lowest BCUT2D eigenvalue weighted by Gasteiger charge is -2.03. The SMILES string of the molecule is c1ccc(NCc2ccc(-c3cccs3)s2)cc1. The molecule has 1 aromatic carbocycles. The third kappa shape index (κ3) is 2.63. The summed E-state index contributed by atoms with van der Waals surface area (Å²) in [4.78, 5) is 4.07. The summed E-state index contributed by atoms with van der Waals surface area (Å²) in [7, 11) is 0. The first-order valence-corrected chi connectivity index (χ1v) is 7.53. The largest absolute Gasteiger partial charge is 0.380 e. The summed E-state index contributed by atoms with van der Waals surface area (Å²) >= 11 is 3.65. The van der Waals surface area contributed by atoms with Gasteiger partial charge in [-0.1, -0.05) is 24.3 Å². The van der Waals surface area contributed by atoms with Gasteiger partial charge in [0.2, 0.25) is 0 Å². The molecular formula is C15H13NS2. The summed E-state index contributed by atoms with van der Waals surface area (Å²) in [5, 5.41) is 5.56. The molecule has 0 spiro atoms. The van der Waals surface area contributed by atoms with Crippen LogP contribution in [-0.4, -0.2) is 0 Å². The van der Waals surface area contributed by atoms with Gasteiger partial charge in [0, 0.05) is 26.9 Å². The molecule has 0 saturated heterocycles. The van der Waals surface area contributed by atoms with Crippen LogP contribution in [0.25, 0.3) is 9.75 Å². The van der Waals surface area contributed by atoms with Crippen molar-refractivity contribution in [2.24, 2.45) is 0 Å². The Hall–Kier alpha value is -1.58. The normalized spacial score (nSPS) is 10.4. The summed E-state index contributed by atoms with van der Waals surface area (Å²) in [6.07, 6.45) is 0. The molecule has 0 bridgehead atoms. The number of anilines is 1. The number of rotatable bonds is 4. The van der Waals surface area contributed by atoms with E-state index in [-0.39, 0.29) is 0 Å². The van der Waals surface area contributed by atoms with E-state index >= 15 is 0 Å². The minimum atomic E-state index is 0.889. The molecule has 0 aliphatic carbocycles. The maximum Gasteiger partial charge on any atom is 0.0494 e. The first-order valence-electron chi connectivity index (χ1n) is 5.83. The monoisotopic (exact) mass is 271 g/mol. The van der Waals surface area contributed by atoms with E-state index < -0.39 is 0 Å². The van der Waals surface area contributed by atoms with Crippen molar-refractivity contribution in [1.82, 2.24) is 0 Å². The Balaban J connectivity index is 1.68. The lowest BCUT2D eigenvalue weighted by Crippen LogP contribution is -1.96. The van der Waals surface area contributed by atoms with Crippen molar-refractivity contribution in [2.75, 3.05) is 5.32 Å². The Kier molecular flexibility index (Phi) is 3.44. The van der Waals surface area contributed by atoms with Crippen LogP contribution in [0, 0.1) is 0 Å². The van der Waals surface area contributed by atoms with E-state index in [2.05, 4.69) is 47.1 Å². The van der Waals surface area contributed by atoms with Crippen molar-refractivity contribution in [1.29, 1.82) is 0 Å². The van der Waals surface area contributed by atoms with Gasteiger partial charge < -0.3 is 5.32 Å². The lowest BCUT2D eigenvalue weighted by atomic mass is 10.3. The van der Waals surface area contributed by atoms with Crippen molar-refractivity contribution >= 4 is 28.4 Å². The van der Waals surface area contributed by atoms with Crippen LogP contribution < -0.4 is 5.32 Å². The molecule has 3 rings (SSSR count). The Morgan fingerprint density at radius 1 is 0.833 bits per heavy atom. The van der Waals surface area contributed by atoms with Crippen molar-refractivity contribution in [3.63, 3.8) is 0 Å². The van der Waals surface area contributed by atoms with Gasteiger partial charge in [0.1, 0.15) is 0 Å². The molecule has 2 heterocycles. The fourth-order valence-electron chi connectivity index (χ4n) is 1.77. The Bertz CT molecular complexity index is 596. The molecule has 3 aromatic rings. The van der Waals surface area contributed by atoms with Crippen molar-refractivity contribution in [3.05, 3.63) is 64.9 Å². The summed E-state index contributed by atoms with van der Waals surface area (Å²) < 4.78 is 0. The summed E-state index contributed by atoms with van der Waals surface area (Å²) in [6.45, 7) is 0.889. The van der Waals surface area contributed by atoms with Crippen molar-refractivity contribution < 1.29 is 0 Å². The number of para-hydroxylation sites is 1. The van der Waals surface area contributed by atoms with Gasteiger partial charge in [0.25, 0.3) is 0 Å². The Labute approximate surface area is 115 Å². The summed E-state index contributed by atoms with van der Waals surface area (Å²) in [6, 6.07) is 19.0. The minimum Gasteiger partial charge on any atom is -0.380 e. The number of thiophene rings is 2. The van der Waals surface area contributed by atoms with Crippen LogP contribution in [0.1, 0.15) is 4.88 Å². The second-order valence-electron chi connectivity index (χ2n) is 3.96. The zero-order chi connectivity index (χ0) is 12.2.